The summed E-state index contributed by atoms with van der Waals surface area (Å²) in [6, 6.07) is 17.1. The summed E-state index contributed by atoms with van der Waals surface area (Å²) in [7, 11) is 0. The Morgan fingerprint density at radius 2 is 1.97 bits per heavy atom. The van der Waals surface area contributed by atoms with E-state index in [0.717, 1.165) is 28.0 Å². The van der Waals surface area contributed by atoms with Gasteiger partial charge in [0, 0.05) is 29.4 Å². The SMILES string of the molecule is Cc1ccc(C2=NCC(c3ccc(F)cc3)=C2)c(C(=O)N[C@@H](CO)Cc2ccccn2)c1. The Kier molecular flexibility index (Phi) is 6.52. The van der Waals surface area contributed by atoms with Gasteiger partial charge in [-0.25, -0.2) is 4.39 Å². The fourth-order valence-corrected chi connectivity index (χ4v) is 3.69. The zero-order valence-corrected chi connectivity index (χ0v) is 17.8. The Labute approximate surface area is 186 Å². The van der Waals surface area contributed by atoms with Crippen molar-refractivity contribution >= 4 is 17.2 Å². The molecule has 3 aromatic rings. The first-order chi connectivity index (χ1) is 15.5. The Hall–Kier alpha value is -3.64. The highest BCUT2D eigenvalue weighted by Gasteiger charge is 2.21. The molecule has 5 nitrogen and oxygen atoms in total. The molecule has 0 unspecified atom stereocenters. The lowest BCUT2D eigenvalue weighted by molar-refractivity contribution is 0.0916. The van der Waals surface area contributed by atoms with Gasteiger partial charge in [0.2, 0.25) is 0 Å². The summed E-state index contributed by atoms with van der Waals surface area (Å²) >= 11 is 0. The summed E-state index contributed by atoms with van der Waals surface area (Å²) in [6.07, 6.45) is 4.05. The number of carbonyl (C=O) groups excluding carboxylic acids is 1. The number of rotatable bonds is 7. The van der Waals surface area contributed by atoms with Crippen molar-refractivity contribution in [2.24, 2.45) is 4.99 Å². The van der Waals surface area contributed by atoms with E-state index in [1.165, 1.54) is 12.1 Å². The van der Waals surface area contributed by atoms with Gasteiger partial charge in [-0.15, -0.1) is 0 Å². The van der Waals surface area contributed by atoms with Gasteiger partial charge in [0.15, 0.2) is 0 Å². The topological polar surface area (TPSA) is 74.6 Å². The molecule has 1 amide bonds. The molecule has 1 aromatic heterocycles. The number of nitrogens with one attached hydrogen (secondary N) is 1. The van der Waals surface area contributed by atoms with E-state index in [1.54, 1.807) is 18.3 Å². The summed E-state index contributed by atoms with van der Waals surface area (Å²) in [5, 5.41) is 12.7. The van der Waals surface area contributed by atoms with Crippen LogP contribution in [0.25, 0.3) is 5.57 Å². The third-order valence-electron chi connectivity index (χ3n) is 5.38. The number of aryl methyl sites for hydroxylation is 1. The van der Waals surface area contributed by atoms with Crippen LogP contribution in [0.5, 0.6) is 0 Å². The maximum Gasteiger partial charge on any atom is 0.252 e. The number of amides is 1. The number of halogens is 1. The van der Waals surface area contributed by atoms with E-state index < -0.39 is 6.04 Å². The first-order valence-corrected chi connectivity index (χ1v) is 10.5. The molecule has 2 N–H and O–H groups in total. The fourth-order valence-electron chi connectivity index (χ4n) is 3.69. The number of aromatic nitrogens is 1. The number of carbonyl (C=O) groups is 1. The molecule has 0 aliphatic carbocycles. The number of nitrogens with zero attached hydrogens (tertiary/aromatic N) is 2. The second-order valence-electron chi connectivity index (χ2n) is 7.81. The van der Waals surface area contributed by atoms with E-state index in [1.807, 2.05) is 49.4 Å². The number of allylic oxidation sites excluding steroid dienone is 1. The van der Waals surface area contributed by atoms with Gasteiger partial charge in [0.25, 0.3) is 5.91 Å². The molecular formula is C26H24FN3O2. The number of aliphatic imine (C=N–C) groups is 1. The fraction of sp³-hybridized carbons (Fsp3) is 0.192. The Morgan fingerprint density at radius 3 is 2.69 bits per heavy atom. The summed E-state index contributed by atoms with van der Waals surface area (Å²) in [5.41, 5.74) is 5.54. The van der Waals surface area contributed by atoms with E-state index in [9.17, 15) is 14.3 Å². The van der Waals surface area contributed by atoms with E-state index in [-0.39, 0.29) is 18.3 Å². The van der Waals surface area contributed by atoms with Crippen LogP contribution in [0.4, 0.5) is 4.39 Å². The van der Waals surface area contributed by atoms with Crippen LogP contribution in [0.15, 0.2) is 77.9 Å². The zero-order valence-electron chi connectivity index (χ0n) is 17.8. The smallest absolute Gasteiger partial charge is 0.252 e. The van der Waals surface area contributed by atoms with Crippen LogP contribution < -0.4 is 5.32 Å². The first kappa shape index (κ1) is 21.6. The van der Waals surface area contributed by atoms with Gasteiger partial charge >= 0.3 is 0 Å². The molecule has 6 heteroatoms. The number of hydrogen-bond acceptors (Lipinski definition) is 4. The molecule has 2 heterocycles. The Bertz CT molecular complexity index is 1170. The summed E-state index contributed by atoms with van der Waals surface area (Å²) < 4.78 is 13.3. The number of pyridine rings is 1. The van der Waals surface area contributed by atoms with Crippen molar-refractivity contribution in [3.63, 3.8) is 0 Å². The van der Waals surface area contributed by atoms with Crippen molar-refractivity contribution in [1.82, 2.24) is 10.3 Å². The number of aliphatic hydroxyl groups excluding tert-OH is 1. The second-order valence-corrected chi connectivity index (χ2v) is 7.81. The Morgan fingerprint density at radius 1 is 1.16 bits per heavy atom. The number of hydrogen-bond donors (Lipinski definition) is 2. The minimum absolute atomic E-state index is 0.195. The van der Waals surface area contributed by atoms with Crippen molar-refractivity contribution < 1.29 is 14.3 Å². The predicted molar refractivity (Wildman–Crippen MR) is 123 cm³/mol. The molecular weight excluding hydrogens is 405 g/mol. The van der Waals surface area contributed by atoms with E-state index in [4.69, 9.17) is 0 Å². The van der Waals surface area contributed by atoms with Gasteiger partial charge in [0.05, 0.1) is 24.9 Å². The lowest BCUT2D eigenvalue weighted by Gasteiger charge is -2.17. The lowest BCUT2D eigenvalue weighted by atomic mass is 9.98. The highest BCUT2D eigenvalue weighted by Crippen LogP contribution is 2.24. The molecule has 1 atom stereocenters. The minimum atomic E-state index is -0.457. The molecule has 2 aromatic carbocycles. The number of aliphatic hydroxyl groups is 1. The molecule has 0 spiro atoms. The maximum absolute atomic E-state index is 13.3. The molecule has 162 valence electrons. The maximum atomic E-state index is 13.3. The van der Waals surface area contributed by atoms with Gasteiger partial charge in [-0.2, -0.15) is 0 Å². The molecule has 0 bridgehead atoms. The second kappa shape index (κ2) is 9.66. The largest absolute Gasteiger partial charge is 0.394 e. The molecule has 32 heavy (non-hydrogen) atoms. The van der Waals surface area contributed by atoms with Crippen LogP contribution in [0, 0.1) is 12.7 Å². The van der Waals surface area contributed by atoms with E-state index >= 15 is 0 Å². The van der Waals surface area contributed by atoms with Crippen LogP contribution in [0.2, 0.25) is 0 Å². The average Bonchev–Trinajstić information content (AvgIpc) is 3.29. The van der Waals surface area contributed by atoms with E-state index in [0.29, 0.717) is 24.2 Å². The summed E-state index contributed by atoms with van der Waals surface area (Å²) in [5.74, 6) is -0.555. The van der Waals surface area contributed by atoms with Crippen LogP contribution in [0.1, 0.15) is 32.7 Å². The van der Waals surface area contributed by atoms with Crippen molar-refractivity contribution in [3.05, 3.63) is 107 Å². The van der Waals surface area contributed by atoms with Crippen molar-refractivity contribution in [2.75, 3.05) is 13.2 Å². The van der Waals surface area contributed by atoms with Gasteiger partial charge < -0.3 is 10.4 Å². The third kappa shape index (κ3) is 4.98. The monoisotopic (exact) mass is 429 g/mol. The van der Waals surface area contributed by atoms with Crippen LogP contribution in [0.3, 0.4) is 0 Å². The number of benzene rings is 2. The lowest BCUT2D eigenvalue weighted by Crippen LogP contribution is -2.39. The zero-order chi connectivity index (χ0) is 22.5. The van der Waals surface area contributed by atoms with Crippen LogP contribution >= 0.6 is 0 Å². The minimum Gasteiger partial charge on any atom is -0.394 e. The molecule has 0 saturated heterocycles. The van der Waals surface area contributed by atoms with Gasteiger partial charge in [-0.05, 0) is 54.5 Å². The van der Waals surface area contributed by atoms with Crippen molar-refractivity contribution in [1.29, 1.82) is 0 Å². The summed E-state index contributed by atoms with van der Waals surface area (Å²) in [6.45, 7) is 2.20. The molecule has 1 aliphatic rings. The van der Waals surface area contributed by atoms with Crippen LogP contribution in [-0.2, 0) is 6.42 Å². The van der Waals surface area contributed by atoms with Crippen LogP contribution in [-0.4, -0.2) is 40.9 Å². The standard InChI is InChI=1S/C26H24FN3O2/c1-17-5-10-23(25-13-19(15-29-25)18-6-8-20(27)9-7-18)24(12-17)26(32)30-22(16-31)14-21-4-2-3-11-28-21/h2-13,22,31H,14-16H2,1H3,(H,30,32)/t22-/m1/s1. The Balaban J connectivity index is 1.57. The molecule has 1 aliphatic heterocycles. The average molecular weight is 429 g/mol. The normalized spacial score (nSPS) is 14.0. The highest BCUT2D eigenvalue weighted by molar-refractivity contribution is 6.19. The van der Waals surface area contributed by atoms with Gasteiger partial charge in [0.1, 0.15) is 5.82 Å². The molecule has 0 radical (unpaired) electrons. The first-order valence-electron chi connectivity index (χ1n) is 10.5. The summed E-state index contributed by atoms with van der Waals surface area (Å²) in [4.78, 5) is 22.1. The van der Waals surface area contributed by atoms with E-state index in [2.05, 4.69) is 15.3 Å². The van der Waals surface area contributed by atoms with Crippen molar-refractivity contribution in [2.45, 2.75) is 19.4 Å². The van der Waals surface area contributed by atoms with Gasteiger partial charge in [-0.1, -0.05) is 35.9 Å². The predicted octanol–water partition coefficient (Wildman–Crippen LogP) is 3.75. The molecule has 0 saturated carbocycles. The quantitative estimate of drug-likeness (QED) is 0.601. The highest BCUT2D eigenvalue weighted by atomic mass is 19.1. The molecule has 0 fully saturated rings. The molecule has 4 rings (SSSR count). The third-order valence-corrected chi connectivity index (χ3v) is 5.38. The van der Waals surface area contributed by atoms with Crippen molar-refractivity contribution in [3.8, 4) is 0 Å². The van der Waals surface area contributed by atoms with Gasteiger partial charge in [-0.3, -0.25) is 14.8 Å².